The lowest BCUT2D eigenvalue weighted by molar-refractivity contribution is -0.384. The number of carbonyl (C=O) groups excluding carboxylic acids is 2. The Morgan fingerprint density at radius 2 is 1.86 bits per heavy atom. The van der Waals surface area contributed by atoms with E-state index in [-0.39, 0.29) is 29.0 Å². The van der Waals surface area contributed by atoms with Crippen molar-refractivity contribution in [1.29, 1.82) is 0 Å². The van der Waals surface area contributed by atoms with E-state index in [1.165, 1.54) is 30.2 Å². The number of nitrogens with one attached hydrogen (secondary N) is 2. The monoisotopic (exact) mass is 411 g/mol. The quantitative estimate of drug-likeness (QED) is 0.337. The normalized spacial score (nSPS) is 10.4. The fourth-order valence-corrected chi connectivity index (χ4v) is 3.13. The number of hydrogen-bond acceptors (Lipinski definition) is 6. The number of amides is 2. The zero-order chi connectivity index (χ0) is 20.8. The Balaban J connectivity index is 1.53. The standard InChI is InChI=1S/C20H17N3O5S/c1-13-4-7-15(23(26)27)11-17(13)22-19(24)12-29-16-8-5-14(6-9-16)21-20(25)18-3-2-10-28-18/h2-11H,12H2,1H3,(H,21,25)(H,22,24). The molecule has 1 heterocycles. The molecule has 2 N–H and O–H groups in total. The molecule has 29 heavy (non-hydrogen) atoms. The summed E-state index contributed by atoms with van der Waals surface area (Å²) >= 11 is 1.31. The van der Waals surface area contributed by atoms with Crippen LogP contribution >= 0.6 is 11.8 Å². The van der Waals surface area contributed by atoms with Crippen molar-refractivity contribution in [3.05, 3.63) is 82.3 Å². The number of rotatable bonds is 7. The Morgan fingerprint density at radius 3 is 2.52 bits per heavy atom. The van der Waals surface area contributed by atoms with Crippen molar-refractivity contribution < 1.29 is 18.9 Å². The van der Waals surface area contributed by atoms with Crippen LogP contribution in [0.5, 0.6) is 0 Å². The Hall–Kier alpha value is -3.59. The summed E-state index contributed by atoms with van der Waals surface area (Å²) in [6.07, 6.45) is 1.43. The second-order valence-corrected chi connectivity index (χ2v) is 7.10. The van der Waals surface area contributed by atoms with Crippen molar-refractivity contribution in [2.24, 2.45) is 0 Å². The molecule has 0 atom stereocenters. The topological polar surface area (TPSA) is 114 Å². The van der Waals surface area contributed by atoms with Gasteiger partial charge in [-0.2, -0.15) is 0 Å². The molecule has 0 saturated carbocycles. The Morgan fingerprint density at radius 1 is 1.10 bits per heavy atom. The summed E-state index contributed by atoms with van der Waals surface area (Å²) in [5, 5.41) is 16.3. The third-order valence-electron chi connectivity index (χ3n) is 3.93. The highest BCUT2D eigenvalue weighted by Crippen LogP contribution is 2.24. The van der Waals surface area contributed by atoms with E-state index in [2.05, 4.69) is 10.6 Å². The van der Waals surface area contributed by atoms with Crippen LogP contribution in [0, 0.1) is 17.0 Å². The molecule has 0 spiro atoms. The minimum atomic E-state index is -0.504. The first-order valence-corrected chi connectivity index (χ1v) is 9.53. The maximum absolute atomic E-state index is 12.2. The highest BCUT2D eigenvalue weighted by atomic mass is 32.2. The minimum absolute atomic E-state index is 0.0780. The van der Waals surface area contributed by atoms with E-state index >= 15 is 0 Å². The molecule has 0 bridgehead atoms. The van der Waals surface area contributed by atoms with Crippen LogP contribution in [0.15, 0.2) is 70.2 Å². The summed E-state index contributed by atoms with van der Waals surface area (Å²) in [5.41, 5.74) is 1.68. The maximum Gasteiger partial charge on any atom is 0.291 e. The number of aryl methyl sites for hydroxylation is 1. The molecule has 0 aliphatic rings. The molecule has 2 aromatic carbocycles. The van der Waals surface area contributed by atoms with E-state index in [0.717, 1.165) is 10.5 Å². The second kappa shape index (κ2) is 9.07. The molecule has 9 heteroatoms. The van der Waals surface area contributed by atoms with E-state index in [9.17, 15) is 19.7 Å². The number of furan rings is 1. The number of nitro groups is 1. The van der Waals surface area contributed by atoms with Gasteiger partial charge in [-0.1, -0.05) is 6.07 Å². The molecule has 0 unspecified atom stereocenters. The van der Waals surface area contributed by atoms with Gasteiger partial charge in [-0.3, -0.25) is 19.7 Å². The molecule has 1 aromatic heterocycles. The molecule has 2 amide bonds. The van der Waals surface area contributed by atoms with E-state index in [0.29, 0.717) is 11.4 Å². The van der Waals surface area contributed by atoms with Gasteiger partial charge < -0.3 is 15.1 Å². The molecular formula is C20H17N3O5S. The lowest BCUT2D eigenvalue weighted by Gasteiger charge is -2.08. The number of nitro benzene ring substituents is 1. The average molecular weight is 411 g/mol. The van der Waals surface area contributed by atoms with Crippen LogP contribution in [-0.2, 0) is 4.79 Å². The molecule has 0 aliphatic carbocycles. The lowest BCUT2D eigenvalue weighted by Crippen LogP contribution is -2.15. The first kappa shape index (κ1) is 20.2. The fraction of sp³-hybridized carbons (Fsp3) is 0.100. The van der Waals surface area contributed by atoms with Gasteiger partial charge in [0.2, 0.25) is 5.91 Å². The number of benzene rings is 2. The van der Waals surface area contributed by atoms with Gasteiger partial charge in [-0.25, -0.2) is 0 Å². The van der Waals surface area contributed by atoms with Gasteiger partial charge in [0.05, 0.1) is 22.6 Å². The number of hydrogen-bond donors (Lipinski definition) is 2. The van der Waals surface area contributed by atoms with Crippen LogP contribution < -0.4 is 10.6 Å². The van der Waals surface area contributed by atoms with Crippen LogP contribution in [0.25, 0.3) is 0 Å². The summed E-state index contributed by atoms with van der Waals surface area (Å²) in [4.78, 5) is 35.3. The number of nitrogens with zero attached hydrogens (tertiary/aromatic N) is 1. The molecule has 3 aromatic rings. The molecule has 0 radical (unpaired) electrons. The number of non-ortho nitro benzene ring substituents is 1. The third-order valence-corrected chi connectivity index (χ3v) is 4.95. The summed E-state index contributed by atoms with van der Waals surface area (Å²) in [6.45, 7) is 1.77. The Bertz CT molecular complexity index is 1030. The van der Waals surface area contributed by atoms with Crippen LogP contribution in [0.2, 0.25) is 0 Å². The van der Waals surface area contributed by atoms with Crippen molar-refractivity contribution in [3.8, 4) is 0 Å². The van der Waals surface area contributed by atoms with Crippen LogP contribution in [0.3, 0.4) is 0 Å². The van der Waals surface area contributed by atoms with Gasteiger partial charge >= 0.3 is 0 Å². The van der Waals surface area contributed by atoms with Gasteiger partial charge in [0.25, 0.3) is 11.6 Å². The molecule has 0 aliphatic heterocycles. The first-order chi connectivity index (χ1) is 13.9. The zero-order valence-electron chi connectivity index (χ0n) is 15.4. The van der Waals surface area contributed by atoms with Gasteiger partial charge in [0.15, 0.2) is 5.76 Å². The Labute approximate surface area is 170 Å². The van der Waals surface area contributed by atoms with Crippen molar-refractivity contribution in [3.63, 3.8) is 0 Å². The van der Waals surface area contributed by atoms with E-state index in [1.54, 1.807) is 49.4 Å². The summed E-state index contributed by atoms with van der Waals surface area (Å²) < 4.78 is 5.04. The number of carbonyl (C=O) groups is 2. The van der Waals surface area contributed by atoms with Crippen LogP contribution in [0.4, 0.5) is 17.1 Å². The minimum Gasteiger partial charge on any atom is -0.459 e. The van der Waals surface area contributed by atoms with Crippen molar-refractivity contribution in [1.82, 2.24) is 0 Å². The number of anilines is 2. The van der Waals surface area contributed by atoms with Gasteiger partial charge in [-0.15, -0.1) is 11.8 Å². The predicted molar refractivity (Wildman–Crippen MR) is 110 cm³/mol. The smallest absolute Gasteiger partial charge is 0.291 e. The highest BCUT2D eigenvalue weighted by molar-refractivity contribution is 8.00. The largest absolute Gasteiger partial charge is 0.459 e. The predicted octanol–water partition coefficient (Wildman–Crippen LogP) is 4.48. The summed E-state index contributed by atoms with van der Waals surface area (Å²) in [6, 6.07) is 14.6. The molecular weight excluding hydrogens is 394 g/mol. The maximum atomic E-state index is 12.2. The van der Waals surface area contributed by atoms with Crippen LogP contribution in [0.1, 0.15) is 16.1 Å². The van der Waals surface area contributed by atoms with E-state index in [4.69, 9.17) is 4.42 Å². The van der Waals surface area contributed by atoms with Gasteiger partial charge in [0.1, 0.15) is 0 Å². The summed E-state index contributed by atoms with van der Waals surface area (Å²) in [5.74, 6) is -0.257. The molecule has 8 nitrogen and oxygen atoms in total. The van der Waals surface area contributed by atoms with E-state index < -0.39 is 4.92 Å². The highest BCUT2D eigenvalue weighted by Gasteiger charge is 2.12. The lowest BCUT2D eigenvalue weighted by atomic mass is 10.2. The van der Waals surface area contributed by atoms with Gasteiger partial charge in [0, 0.05) is 22.7 Å². The third kappa shape index (κ3) is 5.45. The molecule has 3 rings (SSSR count). The van der Waals surface area contributed by atoms with E-state index in [1.807, 2.05) is 0 Å². The fourth-order valence-electron chi connectivity index (χ4n) is 2.43. The summed E-state index contributed by atoms with van der Waals surface area (Å²) in [7, 11) is 0. The SMILES string of the molecule is Cc1ccc([N+](=O)[O-])cc1NC(=O)CSc1ccc(NC(=O)c2ccco2)cc1. The average Bonchev–Trinajstić information content (AvgIpc) is 3.24. The van der Waals surface area contributed by atoms with Crippen molar-refractivity contribution >= 4 is 40.6 Å². The van der Waals surface area contributed by atoms with Gasteiger partial charge in [-0.05, 0) is 48.9 Å². The molecule has 148 valence electrons. The van der Waals surface area contributed by atoms with Crippen molar-refractivity contribution in [2.45, 2.75) is 11.8 Å². The molecule has 0 saturated heterocycles. The van der Waals surface area contributed by atoms with Crippen molar-refractivity contribution in [2.75, 3.05) is 16.4 Å². The zero-order valence-corrected chi connectivity index (χ0v) is 16.2. The second-order valence-electron chi connectivity index (χ2n) is 6.05. The first-order valence-electron chi connectivity index (χ1n) is 8.55. The van der Waals surface area contributed by atoms with Crippen LogP contribution in [-0.4, -0.2) is 22.5 Å². The molecule has 0 fully saturated rings. The number of thioether (sulfide) groups is 1. The Kier molecular flexibility index (Phi) is 6.30.